The summed E-state index contributed by atoms with van der Waals surface area (Å²) in [7, 11) is 2.07. The molecule has 3 nitrogen and oxygen atoms in total. The van der Waals surface area contributed by atoms with Crippen molar-refractivity contribution in [1.29, 1.82) is 0 Å². The van der Waals surface area contributed by atoms with E-state index in [1.807, 2.05) is 6.92 Å². The minimum absolute atomic E-state index is 0.280. The van der Waals surface area contributed by atoms with E-state index < -0.39 is 0 Å². The number of aliphatic hydroxyl groups excluding tert-OH is 1. The lowest BCUT2D eigenvalue weighted by atomic mass is 10.1. The summed E-state index contributed by atoms with van der Waals surface area (Å²) in [6, 6.07) is 8.30. The van der Waals surface area contributed by atoms with Crippen LogP contribution in [0.3, 0.4) is 0 Å². The van der Waals surface area contributed by atoms with Crippen LogP contribution in [0.15, 0.2) is 29.3 Å². The van der Waals surface area contributed by atoms with Crippen molar-refractivity contribution in [2.75, 3.05) is 20.1 Å². The first-order valence-corrected chi connectivity index (χ1v) is 5.70. The van der Waals surface area contributed by atoms with Crippen molar-refractivity contribution in [2.24, 2.45) is 4.99 Å². The first-order valence-electron chi connectivity index (χ1n) is 5.70. The highest BCUT2D eigenvalue weighted by Crippen LogP contribution is 2.12. The number of aliphatic imine (C=N–C) groups is 1. The molecule has 2 rings (SSSR count). The number of hydrogen-bond donors (Lipinski definition) is 1. The molecule has 16 heavy (non-hydrogen) atoms. The summed E-state index contributed by atoms with van der Waals surface area (Å²) in [5, 5.41) is 9.30. The minimum Gasteiger partial charge on any atom is -0.393 e. The molecule has 1 atom stereocenters. The molecule has 0 spiro atoms. The van der Waals surface area contributed by atoms with Gasteiger partial charge in [0, 0.05) is 19.2 Å². The monoisotopic (exact) mass is 218 g/mol. The number of rotatable bonds is 3. The van der Waals surface area contributed by atoms with Gasteiger partial charge in [-0.1, -0.05) is 24.3 Å². The van der Waals surface area contributed by atoms with Crippen LogP contribution in [0.25, 0.3) is 0 Å². The maximum atomic E-state index is 9.30. The van der Waals surface area contributed by atoms with Crippen molar-refractivity contribution in [1.82, 2.24) is 4.90 Å². The van der Waals surface area contributed by atoms with Crippen LogP contribution in [0.4, 0.5) is 0 Å². The highest BCUT2D eigenvalue weighted by molar-refractivity contribution is 5.99. The molecule has 0 bridgehead atoms. The SMILES string of the molecule is CC(O)Cc1ccc(C2=NCCN2C)cc1. The highest BCUT2D eigenvalue weighted by atomic mass is 16.3. The third-order valence-corrected chi connectivity index (χ3v) is 2.80. The number of amidine groups is 1. The first-order chi connectivity index (χ1) is 7.66. The fraction of sp³-hybridized carbons (Fsp3) is 0.462. The van der Waals surface area contributed by atoms with Gasteiger partial charge in [0.1, 0.15) is 5.84 Å². The van der Waals surface area contributed by atoms with Gasteiger partial charge in [-0.05, 0) is 18.9 Å². The van der Waals surface area contributed by atoms with Crippen LogP contribution in [0, 0.1) is 0 Å². The van der Waals surface area contributed by atoms with Gasteiger partial charge < -0.3 is 10.0 Å². The fourth-order valence-corrected chi connectivity index (χ4v) is 1.98. The van der Waals surface area contributed by atoms with Gasteiger partial charge in [-0.2, -0.15) is 0 Å². The molecule has 0 aliphatic carbocycles. The second-order valence-electron chi connectivity index (χ2n) is 4.38. The van der Waals surface area contributed by atoms with E-state index in [0.717, 1.165) is 24.5 Å². The van der Waals surface area contributed by atoms with Gasteiger partial charge in [0.2, 0.25) is 0 Å². The summed E-state index contributed by atoms with van der Waals surface area (Å²) in [5.74, 6) is 1.07. The molecule has 0 fully saturated rings. The van der Waals surface area contributed by atoms with Crippen LogP contribution < -0.4 is 0 Å². The normalized spacial score (nSPS) is 17.4. The smallest absolute Gasteiger partial charge is 0.130 e. The van der Waals surface area contributed by atoms with E-state index in [1.54, 1.807) is 0 Å². The van der Waals surface area contributed by atoms with Crippen LogP contribution >= 0.6 is 0 Å². The second kappa shape index (κ2) is 4.66. The van der Waals surface area contributed by atoms with E-state index in [9.17, 15) is 5.11 Å². The summed E-state index contributed by atoms with van der Waals surface area (Å²) in [6.07, 6.45) is 0.431. The zero-order valence-electron chi connectivity index (χ0n) is 9.85. The molecule has 86 valence electrons. The molecule has 1 aliphatic rings. The van der Waals surface area contributed by atoms with Crippen molar-refractivity contribution < 1.29 is 5.11 Å². The Morgan fingerprint density at radius 2 is 2.06 bits per heavy atom. The Balaban J connectivity index is 2.13. The number of nitrogens with zero attached hydrogens (tertiary/aromatic N) is 2. The molecule has 3 heteroatoms. The van der Waals surface area contributed by atoms with Gasteiger partial charge in [-0.3, -0.25) is 4.99 Å². The average molecular weight is 218 g/mol. The molecule has 0 aromatic heterocycles. The van der Waals surface area contributed by atoms with Crippen molar-refractivity contribution in [3.8, 4) is 0 Å². The zero-order valence-corrected chi connectivity index (χ0v) is 9.85. The number of likely N-dealkylation sites (N-methyl/N-ethyl adjacent to an activating group) is 1. The summed E-state index contributed by atoms with van der Waals surface area (Å²) in [4.78, 5) is 6.64. The van der Waals surface area contributed by atoms with Crippen LogP contribution in [-0.2, 0) is 6.42 Å². The lowest BCUT2D eigenvalue weighted by Crippen LogP contribution is -2.23. The topological polar surface area (TPSA) is 35.8 Å². The van der Waals surface area contributed by atoms with Gasteiger partial charge in [0.25, 0.3) is 0 Å². The first kappa shape index (κ1) is 11.1. The van der Waals surface area contributed by atoms with E-state index in [2.05, 4.69) is 41.2 Å². The molecule has 1 unspecified atom stereocenters. The molecule has 0 amide bonds. The number of benzene rings is 1. The van der Waals surface area contributed by atoms with Crippen molar-refractivity contribution in [3.63, 3.8) is 0 Å². The minimum atomic E-state index is -0.280. The van der Waals surface area contributed by atoms with Crippen LogP contribution in [0.5, 0.6) is 0 Å². The van der Waals surface area contributed by atoms with Gasteiger partial charge in [-0.15, -0.1) is 0 Å². The third kappa shape index (κ3) is 2.42. The second-order valence-corrected chi connectivity index (χ2v) is 4.38. The molecule has 0 radical (unpaired) electrons. The summed E-state index contributed by atoms with van der Waals surface area (Å²) in [5.41, 5.74) is 2.33. The third-order valence-electron chi connectivity index (χ3n) is 2.80. The lowest BCUT2D eigenvalue weighted by molar-refractivity contribution is 0.195. The fourth-order valence-electron chi connectivity index (χ4n) is 1.98. The molecule has 1 aromatic rings. The molecule has 1 heterocycles. The van der Waals surface area contributed by atoms with Crippen LogP contribution in [0.2, 0.25) is 0 Å². The van der Waals surface area contributed by atoms with Crippen LogP contribution in [-0.4, -0.2) is 42.1 Å². The quantitative estimate of drug-likeness (QED) is 0.830. The zero-order chi connectivity index (χ0) is 11.5. The summed E-state index contributed by atoms with van der Waals surface area (Å²) in [6.45, 7) is 3.70. The Morgan fingerprint density at radius 1 is 1.38 bits per heavy atom. The average Bonchev–Trinajstić information content (AvgIpc) is 2.65. The molecule has 0 saturated heterocycles. The maximum absolute atomic E-state index is 9.30. The number of hydrogen-bond acceptors (Lipinski definition) is 3. The van der Waals surface area contributed by atoms with E-state index in [-0.39, 0.29) is 6.10 Å². The Labute approximate surface area is 96.4 Å². The van der Waals surface area contributed by atoms with Gasteiger partial charge in [0.15, 0.2) is 0 Å². The van der Waals surface area contributed by atoms with Crippen molar-refractivity contribution in [3.05, 3.63) is 35.4 Å². The standard InChI is InChI=1S/C13H18N2O/c1-10(16)9-11-3-5-12(6-4-11)13-14-7-8-15(13)2/h3-6,10,16H,7-9H2,1-2H3. The Morgan fingerprint density at radius 3 is 2.56 bits per heavy atom. The van der Waals surface area contributed by atoms with Gasteiger partial charge >= 0.3 is 0 Å². The molecular weight excluding hydrogens is 200 g/mol. The lowest BCUT2D eigenvalue weighted by Gasteiger charge is -2.14. The van der Waals surface area contributed by atoms with Gasteiger partial charge in [-0.25, -0.2) is 0 Å². The highest BCUT2D eigenvalue weighted by Gasteiger charge is 2.13. The van der Waals surface area contributed by atoms with Crippen molar-refractivity contribution >= 4 is 5.84 Å². The number of aliphatic hydroxyl groups is 1. The van der Waals surface area contributed by atoms with Crippen LogP contribution in [0.1, 0.15) is 18.1 Å². The predicted molar refractivity (Wildman–Crippen MR) is 65.9 cm³/mol. The molecule has 0 saturated carbocycles. The van der Waals surface area contributed by atoms with E-state index in [4.69, 9.17) is 0 Å². The Hall–Kier alpha value is -1.35. The molecule has 1 N–H and O–H groups in total. The van der Waals surface area contributed by atoms with E-state index in [0.29, 0.717) is 6.42 Å². The van der Waals surface area contributed by atoms with E-state index in [1.165, 1.54) is 5.56 Å². The van der Waals surface area contributed by atoms with Crippen molar-refractivity contribution in [2.45, 2.75) is 19.4 Å². The molecular formula is C13H18N2O. The molecule has 1 aliphatic heterocycles. The van der Waals surface area contributed by atoms with Gasteiger partial charge in [0.05, 0.1) is 12.6 Å². The summed E-state index contributed by atoms with van der Waals surface area (Å²) < 4.78 is 0. The Bertz CT molecular complexity index is 381. The predicted octanol–water partition coefficient (Wildman–Crippen LogP) is 1.30. The molecule has 1 aromatic carbocycles. The van der Waals surface area contributed by atoms with E-state index >= 15 is 0 Å². The Kier molecular flexibility index (Phi) is 3.25. The maximum Gasteiger partial charge on any atom is 0.130 e. The summed E-state index contributed by atoms with van der Waals surface area (Å²) >= 11 is 0. The largest absolute Gasteiger partial charge is 0.393 e.